The summed E-state index contributed by atoms with van der Waals surface area (Å²) in [6.45, 7) is 13.2. The Morgan fingerprint density at radius 1 is 1.03 bits per heavy atom. The van der Waals surface area contributed by atoms with Crippen LogP contribution in [-0.4, -0.2) is 51.7 Å². The van der Waals surface area contributed by atoms with E-state index in [4.69, 9.17) is 4.74 Å². The number of carbonyl (C=O) groups excluding carboxylic acids is 1. The highest BCUT2D eigenvalue weighted by molar-refractivity contribution is 5.94. The van der Waals surface area contributed by atoms with Crippen LogP contribution in [0.3, 0.4) is 0 Å². The quantitative estimate of drug-likeness (QED) is 0.541. The van der Waals surface area contributed by atoms with Crippen LogP contribution in [0.5, 0.6) is 5.75 Å². The first-order valence-electron chi connectivity index (χ1n) is 12.0. The van der Waals surface area contributed by atoms with Crippen LogP contribution in [0.15, 0.2) is 54.7 Å². The number of carbonyl (C=O) groups is 1. The molecule has 0 atom stereocenters. The van der Waals surface area contributed by atoms with E-state index in [1.54, 1.807) is 0 Å². The van der Waals surface area contributed by atoms with Gasteiger partial charge in [0.2, 0.25) is 0 Å². The molecule has 1 amide bonds. The lowest BCUT2D eigenvalue weighted by molar-refractivity contribution is 0.0628. The number of amides is 1. The lowest BCUT2D eigenvalue weighted by Gasteiger charge is -2.34. The van der Waals surface area contributed by atoms with Crippen LogP contribution in [0.25, 0.3) is 0 Å². The first-order valence-corrected chi connectivity index (χ1v) is 12.0. The second-order valence-electron chi connectivity index (χ2n) is 10.2. The van der Waals surface area contributed by atoms with Crippen LogP contribution in [0.1, 0.15) is 53.5 Å². The van der Waals surface area contributed by atoms with Crippen molar-refractivity contribution in [3.8, 4) is 5.75 Å². The zero-order valence-corrected chi connectivity index (χ0v) is 21.0. The Bertz CT molecular complexity index is 1120. The molecule has 180 valence electrons. The Morgan fingerprint density at radius 2 is 1.74 bits per heavy atom. The summed E-state index contributed by atoms with van der Waals surface area (Å²) in [5.74, 6) is 0.929. The molecule has 2 aromatic carbocycles. The molecule has 0 spiro atoms. The van der Waals surface area contributed by atoms with Crippen molar-refractivity contribution in [3.63, 3.8) is 0 Å². The minimum absolute atomic E-state index is 0.0913. The average molecular weight is 461 g/mol. The van der Waals surface area contributed by atoms with Gasteiger partial charge >= 0.3 is 0 Å². The lowest BCUT2D eigenvalue weighted by atomic mass is 9.87. The number of rotatable bonds is 6. The molecule has 0 saturated carbocycles. The van der Waals surface area contributed by atoms with Gasteiger partial charge in [0.1, 0.15) is 12.4 Å². The van der Waals surface area contributed by atoms with Gasteiger partial charge in [0.25, 0.3) is 5.91 Å². The van der Waals surface area contributed by atoms with E-state index in [1.165, 1.54) is 11.1 Å². The number of ether oxygens (including phenoxy) is 1. The van der Waals surface area contributed by atoms with Crippen molar-refractivity contribution in [1.29, 1.82) is 0 Å². The molecule has 1 saturated heterocycles. The zero-order valence-electron chi connectivity index (χ0n) is 21.0. The van der Waals surface area contributed by atoms with E-state index in [1.807, 2.05) is 60.0 Å². The van der Waals surface area contributed by atoms with Crippen molar-refractivity contribution < 1.29 is 9.53 Å². The third-order valence-corrected chi connectivity index (χ3v) is 6.47. The normalized spacial score (nSPS) is 14.9. The maximum atomic E-state index is 13.1. The molecule has 34 heavy (non-hydrogen) atoms. The van der Waals surface area contributed by atoms with Crippen LogP contribution in [0, 0.1) is 6.92 Å². The van der Waals surface area contributed by atoms with Gasteiger partial charge in [0.05, 0.1) is 5.69 Å². The van der Waals surface area contributed by atoms with E-state index >= 15 is 0 Å². The van der Waals surface area contributed by atoms with Crippen LogP contribution in [0.4, 0.5) is 0 Å². The summed E-state index contributed by atoms with van der Waals surface area (Å²) in [4.78, 5) is 17.5. The van der Waals surface area contributed by atoms with Gasteiger partial charge in [-0.1, -0.05) is 45.0 Å². The molecule has 1 aromatic heterocycles. The van der Waals surface area contributed by atoms with E-state index in [2.05, 4.69) is 49.1 Å². The van der Waals surface area contributed by atoms with Crippen LogP contribution in [0.2, 0.25) is 0 Å². The largest absolute Gasteiger partial charge is 0.489 e. The van der Waals surface area contributed by atoms with Crippen molar-refractivity contribution in [2.75, 3.05) is 26.2 Å². The minimum Gasteiger partial charge on any atom is -0.489 e. The topological polar surface area (TPSA) is 50.6 Å². The van der Waals surface area contributed by atoms with E-state index in [-0.39, 0.29) is 11.3 Å². The van der Waals surface area contributed by atoms with Gasteiger partial charge in [-0.25, -0.2) is 0 Å². The molecule has 4 rings (SSSR count). The summed E-state index contributed by atoms with van der Waals surface area (Å²) >= 11 is 0. The molecular weight excluding hydrogens is 424 g/mol. The van der Waals surface area contributed by atoms with Crippen LogP contribution >= 0.6 is 0 Å². The molecule has 2 heterocycles. The van der Waals surface area contributed by atoms with Gasteiger partial charge in [0, 0.05) is 57.1 Å². The molecule has 0 bridgehead atoms. The van der Waals surface area contributed by atoms with Crippen LogP contribution < -0.4 is 4.74 Å². The van der Waals surface area contributed by atoms with E-state index in [9.17, 15) is 4.79 Å². The number of piperazine rings is 1. The molecular formula is C28H36N4O2. The van der Waals surface area contributed by atoms with Crippen molar-refractivity contribution in [2.45, 2.75) is 46.3 Å². The fraction of sp³-hybridized carbons (Fsp3) is 0.429. The fourth-order valence-corrected chi connectivity index (χ4v) is 4.35. The standard InChI is InChI=1S/C28H36N4O2/c1-21-24(18-30(5)29-21)19-31-13-15-32(16-14-31)27(33)23-8-6-7-22(17-23)20-34-26-11-9-25(10-12-26)28(2,3)4/h6-12,17-18H,13-16,19-20H2,1-5H3. The molecule has 1 aliphatic heterocycles. The smallest absolute Gasteiger partial charge is 0.253 e. The molecule has 6 nitrogen and oxygen atoms in total. The number of hydrogen-bond donors (Lipinski definition) is 0. The maximum Gasteiger partial charge on any atom is 0.253 e. The van der Waals surface area contributed by atoms with E-state index < -0.39 is 0 Å². The first-order chi connectivity index (χ1) is 16.2. The SMILES string of the molecule is Cc1nn(C)cc1CN1CCN(C(=O)c2cccc(COc3ccc(C(C)(C)C)cc3)c2)CC1. The Balaban J connectivity index is 1.31. The number of hydrogen-bond acceptors (Lipinski definition) is 4. The minimum atomic E-state index is 0.0913. The number of aryl methyl sites for hydroxylation is 2. The maximum absolute atomic E-state index is 13.1. The van der Waals surface area contributed by atoms with Crippen LogP contribution in [-0.2, 0) is 25.6 Å². The molecule has 1 fully saturated rings. The van der Waals surface area contributed by atoms with Gasteiger partial charge in [-0.05, 0) is 47.7 Å². The highest BCUT2D eigenvalue weighted by atomic mass is 16.5. The summed E-state index contributed by atoms with van der Waals surface area (Å²) < 4.78 is 7.85. The molecule has 0 N–H and O–H groups in total. The molecule has 1 aliphatic rings. The van der Waals surface area contributed by atoms with Gasteiger partial charge < -0.3 is 9.64 Å². The van der Waals surface area contributed by atoms with E-state index in [0.29, 0.717) is 6.61 Å². The van der Waals surface area contributed by atoms with Crippen molar-refractivity contribution in [2.24, 2.45) is 7.05 Å². The third kappa shape index (κ3) is 5.86. The summed E-state index contributed by atoms with van der Waals surface area (Å²) in [6, 6.07) is 16.1. The monoisotopic (exact) mass is 460 g/mol. The Hall–Kier alpha value is -3.12. The zero-order chi connectivity index (χ0) is 24.3. The molecule has 6 heteroatoms. The number of aromatic nitrogens is 2. The molecule has 0 unspecified atom stereocenters. The Labute approximate surface area is 203 Å². The second-order valence-corrected chi connectivity index (χ2v) is 10.2. The number of nitrogens with zero attached hydrogens (tertiary/aromatic N) is 4. The van der Waals surface area contributed by atoms with E-state index in [0.717, 1.165) is 55.3 Å². The van der Waals surface area contributed by atoms with Gasteiger partial charge in [-0.3, -0.25) is 14.4 Å². The van der Waals surface area contributed by atoms with Crippen molar-refractivity contribution in [1.82, 2.24) is 19.6 Å². The van der Waals surface area contributed by atoms with Crippen molar-refractivity contribution >= 4 is 5.91 Å². The van der Waals surface area contributed by atoms with Gasteiger partial charge in [-0.2, -0.15) is 5.10 Å². The summed E-state index contributed by atoms with van der Waals surface area (Å²) in [5, 5.41) is 4.43. The Kier molecular flexibility index (Phi) is 7.08. The predicted octanol–water partition coefficient (Wildman–Crippen LogP) is 4.56. The predicted molar refractivity (Wildman–Crippen MR) is 135 cm³/mol. The first kappa shape index (κ1) is 24.0. The van der Waals surface area contributed by atoms with Gasteiger partial charge in [0.15, 0.2) is 0 Å². The van der Waals surface area contributed by atoms with Crippen molar-refractivity contribution in [3.05, 3.63) is 82.7 Å². The summed E-state index contributed by atoms with van der Waals surface area (Å²) in [5.41, 5.74) is 5.45. The summed E-state index contributed by atoms with van der Waals surface area (Å²) in [7, 11) is 1.95. The fourth-order valence-electron chi connectivity index (χ4n) is 4.35. The average Bonchev–Trinajstić information content (AvgIpc) is 3.14. The highest BCUT2D eigenvalue weighted by Crippen LogP contribution is 2.24. The van der Waals surface area contributed by atoms with Gasteiger partial charge in [-0.15, -0.1) is 0 Å². The molecule has 3 aromatic rings. The highest BCUT2D eigenvalue weighted by Gasteiger charge is 2.23. The molecule has 0 radical (unpaired) electrons. The second kappa shape index (κ2) is 10.0. The Morgan fingerprint density at radius 3 is 2.35 bits per heavy atom. The molecule has 0 aliphatic carbocycles. The number of benzene rings is 2. The third-order valence-electron chi connectivity index (χ3n) is 6.47. The summed E-state index contributed by atoms with van der Waals surface area (Å²) in [6.07, 6.45) is 2.08. The lowest BCUT2D eigenvalue weighted by Crippen LogP contribution is -2.48.